The highest BCUT2D eigenvalue weighted by molar-refractivity contribution is 5.42. The van der Waals surface area contributed by atoms with Gasteiger partial charge in [0, 0.05) is 18.2 Å². The molecule has 1 aromatic rings. The van der Waals surface area contributed by atoms with Gasteiger partial charge in [0.25, 0.3) is 0 Å². The monoisotopic (exact) mass is 326 g/mol. The molecule has 5 nitrogen and oxygen atoms in total. The van der Waals surface area contributed by atoms with Crippen LogP contribution in [0.3, 0.4) is 0 Å². The van der Waals surface area contributed by atoms with Crippen molar-refractivity contribution >= 4 is 0 Å². The Balaban J connectivity index is 2.55. The predicted octanol–water partition coefficient (Wildman–Crippen LogP) is 3.69. The van der Waals surface area contributed by atoms with Crippen molar-refractivity contribution in [2.24, 2.45) is 0 Å². The molecule has 1 rings (SSSR count). The van der Waals surface area contributed by atoms with E-state index in [0.29, 0.717) is 44.5 Å². The van der Waals surface area contributed by atoms with Gasteiger partial charge >= 0.3 is 0 Å². The maximum absolute atomic E-state index is 5.71. The van der Waals surface area contributed by atoms with Crippen LogP contribution in [0.1, 0.15) is 34.6 Å². The predicted molar refractivity (Wildman–Crippen MR) is 90.8 cm³/mol. The smallest absolute Gasteiger partial charge is 0.126 e. The Labute approximate surface area is 139 Å². The Hall–Kier alpha value is -1.46. The van der Waals surface area contributed by atoms with Crippen LogP contribution in [0.25, 0.3) is 0 Å². The van der Waals surface area contributed by atoms with E-state index in [2.05, 4.69) is 0 Å². The van der Waals surface area contributed by atoms with E-state index in [1.807, 2.05) is 52.8 Å². The summed E-state index contributed by atoms with van der Waals surface area (Å²) in [5.74, 6) is 2.15. The minimum absolute atomic E-state index is 0.202. The van der Waals surface area contributed by atoms with Crippen LogP contribution in [0.4, 0.5) is 0 Å². The quantitative estimate of drug-likeness (QED) is 0.548. The van der Waals surface area contributed by atoms with Gasteiger partial charge in [0.1, 0.15) is 30.5 Å². The molecule has 132 valence electrons. The minimum Gasteiger partial charge on any atom is -0.494 e. The van der Waals surface area contributed by atoms with Gasteiger partial charge in [-0.25, -0.2) is 0 Å². The maximum atomic E-state index is 5.71. The highest BCUT2D eigenvalue weighted by Crippen LogP contribution is 2.28. The average molecular weight is 326 g/mol. The molecule has 0 radical (unpaired) electrons. The molecule has 0 aromatic heterocycles. The summed E-state index contributed by atoms with van der Waals surface area (Å²) in [5, 5.41) is 0. The van der Waals surface area contributed by atoms with Crippen molar-refractivity contribution in [3.8, 4) is 17.2 Å². The third kappa shape index (κ3) is 9.31. The van der Waals surface area contributed by atoms with Gasteiger partial charge < -0.3 is 23.7 Å². The molecule has 5 heteroatoms. The summed E-state index contributed by atoms with van der Waals surface area (Å²) < 4.78 is 27.9. The lowest BCUT2D eigenvalue weighted by molar-refractivity contribution is 0.0536. The summed E-state index contributed by atoms with van der Waals surface area (Å²) in [4.78, 5) is 0. The second kappa shape index (κ2) is 11.1. The number of rotatable bonds is 12. The second-order valence-corrected chi connectivity index (χ2v) is 5.61. The SMILES string of the molecule is CCOc1cc(OCCOC(C)C)cc(OCCOC(C)C)c1. The van der Waals surface area contributed by atoms with Crippen LogP contribution in [0, 0.1) is 0 Å². The first-order valence-electron chi connectivity index (χ1n) is 8.28. The molecule has 1 aromatic carbocycles. The van der Waals surface area contributed by atoms with Gasteiger partial charge in [-0.3, -0.25) is 0 Å². The van der Waals surface area contributed by atoms with Crippen LogP contribution in [-0.2, 0) is 9.47 Å². The molecule has 0 aliphatic rings. The van der Waals surface area contributed by atoms with Crippen LogP contribution in [0.5, 0.6) is 17.2 Å². The number of hydrogen-bond donors (Lipinski definition) is 0. The molecule has 0 bridgehead atoms. The van der Waals surface area contributed by atoms with Crippen LogP contribution in [0.2, 0.25) is 0 Å². The minimum atomic E-state index is 0.202. The first-order valence-corrected chi connectivity index (χ1v) is 8.28. The summed E-state index contributed by atoms with van der Waals surface area (Å²) in [7, 11) is 0. The topological polar surface area (TPSA) is 46.2 Å². The largest absolute Gasteiger partial charge is 0.494 e. The van der Waals surface area contributed by atoms with E-state index < -0.39 is 0 Å². The summed E-state index contributed by atoms with van der Waals surface area (Å²) in [5.41, 5.74) is 0. The Kier molecular flexibility index (Phi) is 9.48. The average Bonchev–Trinajstić information content (AvgIpc) is 2.48. The van der Waals surface area contributed by atoms with Crippen molar-refractivity contribution in [2.45, 2.75) is 46.8 Å². The molecule has 0 amide bonds. The molecule has 0 saturated carbocycles. The van der Waals surface area contributed by atoms with E-state index in [4.69, 9.17) is 23.7 Å². The highest BCUT2D eigenvalue weighted by atomic mass is 16.5. The zero-order chi connectivity index (χ0) is 17.1. The van der Waals surface area contributed by atoms with E-state index in [-0.39, 0.29) is 12.2 Å². The van der Waals surface area contributed by atoms with Crippen LogP contribution < -0.4 is 14.2 Å². The lowest BCUT2D eigenvalue weighted by Crippen LogP contribution is -2.12. The van der Waals surface area contributed by atoms with Crippen molar-refractivity contribution in [1.82, 2.24) is 0 Å². The Morgan fingerprint density at radius 3 is 1.39 bits per heavy atom. The lowest BCUT2D eigenvalue weighted by atomic mass is 10.3. The normalized spacial score (nSPS) is 11.1. The van der Waals surface area contributed by atoms with Gasteiger partial charge in [-0.1, -0.05) is 0 Å². The molecule has 0 atom stereocenters. The number of ether oxygens (including phenoxy) is 5. The molecular weight excluding hydrogens is 296 g/mol. The van der Waals surface area contributed by atoms with E-state index in [9.17, 15) is 0 Å². The fourth-order valence-electron chi connectivity index (χ4n) is 1.85. The molecule has 0 fully saturated rings. The van der Waals surface area contributed by atoms with Gasteiger partial charge in [0.05, 0.1) is 32.0 Å². The molecule has 0 aliphatic heterocycles. The number of hydrogen-bond acceptors (Lipinski definition) is 5. The lowest BCUT2D eigenvalue weighted by Gasteiger charge is -2.14. The zero-order valence-corrected chi connectivity index (χ0v) is 15.0. The molecular formula is C18H30O5. The van der Waals surface area contributed by atoms with Gasteiger partial charge in [0.2, 0.25) is 0 Å². The Morgan fingerprint density at radius 2 is 1.04 bits per heavy atom. The van der Waals surface area contributed by atoms with E-state index >= 15 is 0 Å². The summed E-state index contributed by atoms with van der Waals surface area (Å²) >= 11 is 0. The first-order chi connectivity index (χ1) is 11.0. The van der Waals surface area contributed by atoms with Crippen molar-refractivity contribution in [3.63, 3.8) is 0 Å². The van der Waals surface area contributed by atoms with Crippen molar-refractivity contribution < 1.29 is 23.7 Å². The van der Waals surface area contributed by atoms with Gasteiger partial charge in [-0.2, -0.15) is 0 Å². The fourth-order valence-corrected chi connectivity index (χ4v) is 1.85. The maximum Gasteiger partial charge on any atom is 0.126 e. The van der Waals surface area contributed by atoms with E-state index in [1.54, 1.807) is 0 Å². The van der Waals surface area contributed by atoms with E-state index in [1.165, 1.54) is 0 Å². The Bertz CT molecular complexity index is 397. The third-order valence-corrected chi connectivity index (χ3v) is 2.77. The third-order valence-electron chi connectivity index (χ3n) is 2.77. The van der Waals surface area contributed by atoms with Crippen molar-refractivity contribution in [1.29, 1.82) is 0 Å². The summed E-state index contributed by atoms with van der Waals surface area (Å²) in [6, 6.07) is 5.57. The Morgan fingerprint density at radius 1 is 0.652 bits per heavy atom. The molecule has 0 unspecified atom stereocenters. The van der Waals surface area contributed by atoms with Crippen molar-refractivity contribution in [2.75, 3.05) is 33.0 Å². The number of benzene rings is 1. The zero-order valence-electron chi connectivity index (χ0n) is 15.0. The van der Waals surface area contributed by atoms with Gasteiger partial charge in [0.15, 0.2) is 0 Å². The molecule has 0 heterocycles. The first kappa shape index (κ1) is 19.6. The molecule has 23 heavy (non-hydrogen) atoms. The molecule has 0 aliphatic carbocycles. The standard InChI is InChI=1S/C18H30O5/c1-6-19-16-11-17(22-9-7-20-14(2)3)13-18(12-16)23-10-8-21-15(4)5/h11-15H,6-10H2,1-5H3. The summed E-state index contributed by atoms with van der Waals surface area (Å²) in [6.45, 7) is 12.6. The molecule has 0 saturated heterocycles. The van der Waals surface area contributed by atoms with Crippen molar-refractivity contribution in [3.05, 3.63) is 18.2 Å². The summed E-state index contributed by atoms with van der Waals surface area (Å²) in [6.07, 6.45) is 0.404. The molecule has 0 spiro atoms. The fraction of sp³-hybridized carbons (Fsp3) is 0.667. The van der Waals surface area contributed by atoms with Crippen LogP contribution in [0.15, 0.2) is 18.2 Å². The second-order valence-electron chi connectivity index (χ2n) is 5.61. The van der Waals surface area contributed by atoms with Crippen LogP contribution in [-0.4, -0.2) is 45.2 Å². The van der Waals surface area contributed by atoms with Crippen LogP contribution >= 0.6 is 0 Å². The highest BCUT2D eigenvalue weighted by Gasteiger charge is 2.05. The van der Waals surface area contributed by atoms with Gasteiger partial charge in [-0.15, -0.1) is 0 Å². The van der Waals surface area contributed by atoms with E-state index in [0.717, 1.165) is 5.75 Å². The molecule has 0 N–H and O–H groups in total. The van der Waals surface area contributed by atoms with Gasteiger partial charge in [-0.05, 0) is 34.6 Å².